The normalized spacial score (nSPS) is 10.5. The molecule has 0 N–H and O–H groups in total. The Labute approximate surface area is 175 Å². The fourth-order valence-corrected chi connectivity index (χ4v) is 3.00. The molecule has 0 radical (unpaired) electrons. The number of methoxy groups -OCH3 is 2. The minimum atomic E-state index is -0.228. The Morgan fingerprint density at radius 1 is 1.13 bits per heavy atom. The second kappa shape index (κ2) is 9.67. The first-order valence-corrected chi connectivity index (χ1v) is 9.41. The fourth-order valence-electron chi connectivity index (χ4n) is 3.00. The van der Waals surface area contributed by atoms with Crippen LogP contribution in [0.4, 0.5) is 0 Å². The minimum absolute atomic E-state index is 0.228. The third kappa shape index (κ3) is 4.64. The van der Waals surface area contributed by atoms with Gasteiger partial charge >= 0.3 is 0 Å². The van der Waals surface area contributed by atoms with E-state index in [4.69, 9.17) is 14.7 Å². The standard InChI is InChI=1S/C22H23N5O3/c1-16-21(24-25-27(16)19-8-10-20(30-3)11-9-19)22(28)26(12-13-29-2)15-18-6-4-17(14-23)5-7-18/h4-11H,12-13,15H2,1-3H3. The molecule has 1 aromatic heterocycles. The molecular weight excluding hydrogens is 382 g/mol. The smallest absolute Gasteiger partial charge is 0.276 e. The largest absolute Gasteiger partial charge is 0.497 e. The maximum Gasteiger partial charge on any atom is 0.276 e. The number of benzene rings is 2. The molecule has 154 valence electrons. The first-order valence-electron chi connectivity index (χ1n) is 9.41. The van der Waals surface area contributed by atoms with E-state index in [0.29, 0.717) is 31.0 Å². The van der Waals surface area contributed by atoms with Crippen LogP contribution in [0.5, 0.6) is 5.75 Å². The van der Waals surface area contributed by atoms with Crippen LogP contribution in [-0.2, 0) is 11.3 Å². The van der Waals surface area contributed by atoms with Crippen LogP contribution >= 0.6 is 0 Å². The van der Waals surface area contributed by atoms with Gasteiger partial charge in [-0.25, -0.2) is 4.68 Å². The molecule has 30 heavy (non-hydrogen) atoms. The van der Waals surface area contributed by atoms with Gasteiger partial charge in [0.1, 0.15) is 5.75 Å². The molecule has 0 spiro atoms. The van der Waals surface area contributed by atoms with Crippen LogP contribution in [0.3, 0.4) is 0 Å². The molecule has 8 nitrogen and oxygen atoms in total. The number of carbonyl (C=O) groups is 1. The zero-order chi connectivity index (χ0) is 21.5. The molecule has 3 rings (SSSR count). The molecule has 0 fully saturated rings. The highest BCUT2D eigenvalue weighted by atomic mass is 16.5. The lowest BCUT2D eigenvalue weighted by Gasteiger charge is -2.22. The van der Waals surface area contributed by atoms with Gasteiger partial charge in [-0.3, -0.25) is 4.79 Å². The monoisotopic (exact) mass is 405 g/mol. The maximum absolute atomic E-state index is 13.2. The van der Waals surface area contributed by atoms with Crippen LogP contribution in [0.1, 0.15) is 27.3 Å². The summed E-state index contributed by atoms with van der Waals surface area (Å²) >= 11 is 0. The third-order valence-electron chi connectivity index (χ3n) is 4.72. The Kier molecular flexibility index (Phi) is 6.78. The number of amides is 1. The van der Waals surface area contributed by atoms with E-state index in [1.807, 2.05) is 43.3 Å². The van der Waals surface area contributed by atoms with Crippen molar-refractivity contribution in [2.45, 2.75) is 13.5 Å². The van der Waals surface area contributed by atoms with E-state index in [1.54, 1.807) is 35.9 Å². The molecule has 0 saturated carbocycles. The van der Waals surface area contributed by atoms with Crippen LogP contribution in [0.25, 0.3) is 5.69 Å². The van der Waals surface area contributed by atoms with Crippen molar-refractivity contribution in [3.8, 4) is 17.5 Å². The molecule has 0 bridgehead atoms. The van der Waals surface area contributed by atoms with Crippen LogP contribution in [-0.4, -0.2) is 53.2 Å². The van der Waals surface area contributed by atoms with Crippen LogP contribution < -0.4 is 4.74 Å². The summed E-state index contributed by atoms with van der Waals surface area (Å²) in [5.41, 5.74) is 3.21. The predicted octanol–water partition coefficient (Wildman–Crippen LogP) is 2.74. The second-order valence-corrected chi connectivity index (χ2v) is 6.66. The van der Waals surface area contributed by atoms with Crippen molar-refractivity contribution in [2.24, 2.45) is 0 Å². The molecular formula is C22H23N5O3. The summed E-state index contributed by atoms with van der Waals surface area (Å²) in [7, 11) is 3.20. The average Bonchev–Trinajstić information content (AvgIpc) is 3.17. The average molecular weight is 405 g/mol. The third-order valence-corrected chi connectivity index (χ3v) is 4.72. The Hall–Kier alpha value is -3.70. The van der Waals surface area contributed by atoms with Gasteiger partial charge in [0.25, 0.3) is 5.91 Å². The van der Waals surface area contributed by atoms with E-state index in [-0.39, 0.29) is 11.6 Å². The zero-order valence-corrected chi connectivity index (χ0v) is 17.2. The first kappa shape index (κ1) is 21.0. The summed E-state index contributed by atoms with van der Waals surface area (Å²) in [4.78, 5) is 14.9. The van der Waals surface area contributed by atoms with Crippen molar-refractivity contribution < 1.29 is 14.3 Å². The summed E-state index contributed by atoms with van der Waals surface area (Å²) in [5, 5.41) is 17.3. The van der Waals surface area contributed by atoms with Gasteiger partial charge in [0.2, 0.25) is 0 Å². The molecule has 8 heteroatoms. The SMILES string of the molecule is COCCN(Cc1ccc(C#N)cc1)C(=O)c1nnn(-c2ccc(OC)cc2)c1C. The van der Waals surface area contributed by atoms with Gasteiger partial charge in [-0.2, -0.15) is 5.26 Å². The Morgan fingerprint density at radius 3 is 2.43 bits per heavy atom. The number of hydrogen-bond donors (Lipinski definition) is 0. The number of rotatable bonds is 8. The summed E-state index contributed by atoms with van der Waals surface area (Å²) < 4.78 is 12.0. The predicted molar refractivity (Wildman–Crippen MR) is 110 cm³/mol. The van der Waals surface area contributed by atoms with Gasteiger partial charge in [-0.15, -0.1) is 5.10 Å². The number of nitrogens with zero attached hydrogens (tertiary/aromatic N) is 5. The molecule has 3 aromatic rings. The number of ether oxygens (including phenoxy) is 2. The van der Waals surface area contributed by atoms with Gasteiger partial charge in [0.15, 0.2) is 5.69 Å². The van der Waals surface area contributed by atoms with Crippen LogP contribution in [0.2, 0.25) is 0 Å². The van der Waals surface area contributed by atoms with Crippen LogP contribution in [0.15, 0.2) is 48.5 Å². The lowest BCUT2D eigenvalue weighted by molar-refractivity contribution is 0.0673. The van der Waals surface area contributed by atoms with Gasteiger partial charge in [0, 0.05) is 20.2 Å². The Balaban J connectivity index is 1.84. The number of hydrogen-bond acceptors (Lipinski definition) is 6. The Morgan fingerprint density at radius 2 is 1.83 bits per heavy atom. The minimum Gasteiger partial charge on any atom is -0.497 e. The molecule has 2 aromatic carbocycles. The summed E-state index contributed by atoms with van der Waals surface area (Å²) in [6.45, 7) is 2.99. The topological polar surface area (TPSA) is 93.3 Å². The molecule has 0 aliphatic rings. The molecule has 0 saturated heterocycles. The van der Waals surface area contributed by atoms with Crippen molar-refractivity contribution >= 4 is 5.91 Å². The molecule has 1 heterocycles. The lowest BCUT2D eigenvalue weighted by Crippen LogP contribution is -2.34. The van der Waals surface area contributed by atoms with Gasteiger partial charge in [0.05, 0.1) is 36.7 Å². The highest BCUT2D eigenvalue weighted by molar-refractivity contribution is 5.93. The van der Waals surface area contributed by atoms with E-state index in [0.717, 1.165) is 17.0 Å². The van der Waals surface area contributed by atoms with Crippen molar-refractivity contribution in [1.29, 1.82) is 5.26 Å². The fraction of sp³-hybridized carbons (Fsp3) is 0.273. The highest BCUT2D eigenvalue weighted by Gasteiger charge is 2.23. The molecule has 0 atom stereocenters. The quantitative estimate of drug-likeness (QED) is 0.572. The number of aromatic nitrogens is 3. The number of nitriles is 1. The second-order valence-electron chi connectivity index (χ2n) is 6.66. The van der Waals surface area contributed by atoms with Crippen molar-refractivity contribution in [3.63, 3.8) is 0 Å². The lowest BCUT2D eigenvalue weighted by atomic mass is 10.1. The van der Waals surface area contributed by atoms with E-state index in [1.165, 1.54) is 0 Å². The molecule has 0 aliphatic carbocycles. The first-order chi connectivity index (χ1) is 14.6. The van der Waals surface area contributed by atoms with Gasteiger partial charge < -0.3 is 14.4 Å². The van der Waals surface area contributed by atoms with Crippen LogP contribution in [0, 0.1) is 18.3 Å². The van der Waals surface area contributed by atoms with Crippen molar-refractivity contribution in [1.82, 2.24) is 19.9 Å². The molecule has 0 aliphatic heterocycles. The molecule has 1 amide bonds. The van der Waals surface area contributed by atoms with E-state index in [9.17, 15) is 4.79 Å². The molecule has 0 unspecified atom stereocenters. The van der Waals surface area contributed by atoms with Gasteiger partial charge in [-0.05, 0) is 48.9 Å². The highest BCUT2D eigenvalue weighted by Crippen LogP contribution is 2.18. The Bertz CT molecular complexity index is 1040. The number of carbonyl (C=O) groups excluding carboxylic acids is 1. The summed E-state index contributed by atoms with van der Waals surface area (Å²) in [6.07, 6.45) is 0. The van der Waals surface area contributed by atoms with Gasteiger partial charge in [-0.1, -0.05) is 17.3 Å². The summed E-state index contributed by atoms with van der Waals surface area (Å²) in [6, 6.07) is 16.6. The maximum atomic E-state index is 13.2. The summed E-state index contributed by atoms with van der Waals surface area (Å²) in [5.74, 6) is 0.509. The van der Waals surface area contributed by atoms with E-state index < -0.39 is 0 Å². The van der Waals surface area contributed by atoms with E-state index in [2.05, 4.69) is 16.4 Å². The van der Waals surface area contributed by atoms with Crippen molar-refractivity contribution in [2.75, 3.05) is 27.4 Å². The van der Waals surface area contributed by atoms with Crippen molar-refractivity contribution in [3.05, 3.63) is 71.0 Å². The zero-order valence-electron chi connectivity index (χ0n) is 17.2. The van der Waals surface area contributed by atoms with E-state index >= 15 is 0 Å².